The summed E-state index contributed by atoms with van der Waals surface area (Å²) in [5, 5.41) is 3.06. The lowest BCUT2D eigenvalue weighted by Crippen LogP contribution is -2.26. The van der Waals surface area contributed by atoms with Gasteiger partial charge in [-0.3, -0.25) is 4.79 Å². The van der Waals surface area contributed by atoms with Crippen LogP contribution in [0.15, 0.2) is 54.9 Å². The van der Waals surface area contributed by atoms with E-state index in [2.05, 4.69) is 14.9 Å². The molecule has 1 atom stereocenters. The quantitative estimate of drug-likeness (QED) is 0.566. The van der Waals surface area contributed by atoms with Crippen LogP contribution in [0.4, 0.5) is 0 Å². The molecule has 0 bridgehead atoms. The minimum atomic E-state index is -0.166. The van der Waals surface area contributed by atoms with Crippen LogP contribution in [-0.2, 0) is 6.54 Å². The van der Waals surface area contributed by atoms with Gasteiger partial charge in [0.15, 0.2) is 11.5 Å². The van der Waals surface area contributed by atoms with Crippen molar-refractivity contribution in [3.63, 3.8) is 0 Å². The van der Waals surface area contributed by atoms with Gasteiger partial charge in [0.25, 0.3) is 5.91 Å². The molecule has 1 heterocycles. The third kappa shape index (κ3) is 5.20. The van der Waals surface area contributed by atoms with Gasteiger partial charge in [0.1, 0.15) is 5.82 Å². The Morgan fingerprint density at radius 1 is 1.07 bits per heavy atom. The first-order valence-corrected chi connectivity index (χ1v) is 10.3. The van der Waals surface area contributed by atoms with Crippen molar-refractivity contribution < 1.29 is 14.3 Å². The fourth-order valence-corrected chi connectivity index (χ4v) is 3.23. The van der Waals surface area contributed by atoms with Gasteiger partial charge in [-0.1, -0.05) is 18.2 Å². The molecule has 6 nitrogen and oxygen atoms in total. The van der Waals surface area contributed by atoms with Crippen molar-refractivity contribution >= 4 is 5.91 Å². The van der Waals surface area contributed by atoms with Crippen molar-refractivity contribution in [2.75, 3.05) is 13.2 Å². The highest BCUT2D eigenvalue weighted by Crippen LogP contribution is 2.30. The third-order valence-electron chi connectivity index (χ3n) is 4.91. The second-order valence-electron chi connectivity index (χ2n) is 7.07. The first kappa shape index (κ1) is 21.4. The summed E-state index contributed by atoms with van der Waals surface area (Å²) in [5.41, 5.74) is 2.71. The Kier molecular flexibility index (Phi) is 7.12. The zero-order chi connectivity index (χ0) is 21.5. The van der Waals surface area contributed by atoms with Gasteiger partial charge >= 0.3 is 0 Å². The topological polar surface area (TPSA) is 65.4 Å². The predicted octanol–water partition coefficient (Wildman–Crippen LogP) is 4.53. The van der Waals surface area contributed by atoms with E-state index in [1.165, 1.54) is 0 Å². The summed E-state index contributed by atoms with van der Waals surface area (Å²) in [6.45, 7) is 9.66. The fraction of sp³-hybridized carbons (Fsp3) is 0.333. The molecule has 1 aromatic heterocycles. The summed E-state index contributed by atoms with van der Waals surface area (Å²) in [5.74, 6) is 2.26. The van der Waals surface area contributed by atoms with Crippen molar-refractivity contribution in [2.24, 2.45) is 0 Å². The van der Waals surface area contributed by atoms with Gasteiger partial charge in [-0.15, -0.1) is 0 Å². The molecule has 0 aliphatic carbocycles. The number of benzene rings is 2. The van der Waals surface area contributed by atoms with Gasteiger partial charge in [0.2, 0.25) is 0 Å². The standard InChI is InChI=1S/C24H29N3O3/c1-5-29-22-12-11-21(15-23(22)30-6-2)17(3)26-24(28)20-9-7-19(8-10-20)16-27-14-13-25-18(27)4/h7-15,17H,5-6,16H2,1-4H3,(H,26,28). The lowest BCUT2D eigenvalue weighted by molar-refractivity contribution is 0.0940. The molecular formula is C24H29N3O3. The molecule has 3 rings (SSSR count). The normalized spacial score (nSPS) is 11.7. The summed E-state index contributed by atoms with van der Waals surface area (Å²) in [7, 11) is 0. The van der Waals surface area contributed by atoms with Crippen molar-refractivity contribution in [3.05, 3.63) is 77.4 Å². The van der Waals surface area contributed by atoms with Crippen LogP contribution in [0.5, 0.6) is 11.5 Å². The summed E-state index contributed by atoms with van der Waals surface area (Å²) in [4.78, 5) is 16.9. The maximum absolute atomic E-state index is 12.7. The van der Waals surface area contributed by atoms with Crippen LogP contribution in [0, 0.1) is 6.92 Å². The number of hydrogen-bond acceptors (Lipinski definition) is 4. The molecule has 1 N–H and O–H groups in total. The number of hydrogen-bond donors (Lipinski definition) is 1. The van der Waals surface area contributed by atoms with Crippen LogP contribution in [0.3, 0.4) is 0 Å². The molecule has 1 unspecified atom stereocenters. The van der Waals surface area contributed by atoms with E-state index in [1.54, 1.807) is 6.20 Å². The Hall–Kier alpha value is -3.28. The second kappa shape index (κ2) is 9.96. The predicted molar refractivity (Wildman–Crippen MR) is 117 cm³/mol. The van der Waals surface area contributed by atoms with E-state index in [4.69, 9.17) is 9.47 Å². The highest BCUT2D eigenvalue weighted by molar-refractivity contribution is 5.94. The molecule has 6 heteroatoms. The molecule has 30 heavy (non-hydrogen) atoms. The number of rotatable bonds is 9. The number of imidazole rings is 1. The van der Waals surface area contributed by atoms with E-state index in [0.717, 1.165) is 23.5 Å². The van der Waals surface area contributed by atoms with Crippen molar-refractivity contribution in [2.45, 2.75) is 40.3 Å². The maximum atomic E-state index is 12.7. The van der Waals surface area contributed by atoms with Gasteiger partial charge < -0.3 is 19.4 Å². The molecule has 0 radical (unpaired) electrons. The van der Waals surface area contributed by atoms with Gasteiger partial charge in [-0.05, 0) is 63.1 Å². The molecule has 0 spiro atoms. The number of aryl methyl sites for hydroxylation is 1. The van der Waals surface area contributed by atoms with Crippen LogP contribution >= 0.6 is 0 Å². The zero-order valence-electron chi connectivity index (χ0n) is 18.0. The summed E-state index contributed by atoms with van der Waals surface area (Å²) in [6, 6.07) is 13.3. The molecule has 0 saturated heterocycles. The van der Waals surface area contributed by atoms with Crippen molar-refractivity contribution in [1.82, 2.24) is 14.9 Å². The van der Waals surface area contributed by atoms with Gasteiger partial charge in [0, 0.05) is 24.5 Å². The number of nitrogens with one attached hydrogen (secondary N) is 1. The average molecular weight is 408 g/mol. The Bertz CT molecular complexity index is 980. The van der Waals surface area contributed by atoms with E-state index < -0.39 is 0 Å². The first-order valence-electron chi connectivity index (χ1n) is 10.3. The maximum Gasteiger partial charge on any atom is 0.251 e. The number of carbonyl (C=O) groups excluding carboxylic acids is 1. The van der Waals surface area contributed by atoms with E-state index in [1.807, 2.05) is 76.4 Å². The minimum absolute atomic E-state index is 0.111. The Balaban J connectivity index is 1.66. The minimum Gasteiger partial charge on any atom is -0.490 e. The molecule has 158 valence electrons. The smallest absolute Gasteiger partial charge is 0.251 e. The third-order valence-corrected chi connectivity index (χ3v) is 4.91. The highest BCUT2D eigenvalue weighted by Gasteiger charge is 2.14. The van der Waals surface area contributed by atoms with Crippen LogP contribution in [-0.4, -0.2) is 28.7 Å². The van der Waals surface area contributed by atoms with E-state index in [9.17, 15) is 4.79 Å². The fourth-order valence-electron chi connectivity index (χ4n) is 3.23. The number of amides is 1. The zero-order valence-corrected chi connectivity index (χ0v) is 18.0. The van der Waals surface area contributed by atoms with Gasteiger partial charge in [-0.2, -0.15) is 0 Å². The average Bonchev–Trinajstić information content (AvgIpc) is 3.14. The van der Waals surface area contributed by atoms with Crippen LogP contribution in [0.25, 0.3) is 0 Å². The molecule has 0 saturated carbocycles. The molecule has 1 amide bonds. The van der Waals surface area contributed by atoms with Crippen LogP contribution in [0.1, 0.15) is 54.1 Å². The van der Waals surface area contributed by atoms with E-state index >= 15 is 0 Å². The summed E-state index contributed by atoms with van der Waals surface area (Å²) in [6.07, 6.45) is 3.74. The first-order chi connectivity index (χ1) is 14.5. The van der Waals surface area contributed by atoms with Crippen molar-refractivity contribution in [3.8, 4) is 11.5 Å². The highest BCUT2D eigenvalue weighted by atomic mass is 16.5. The Morgan fingerprint density at radius 2 is 1.77 bits per heavy atom. The molecular weight excluding hydrogens is 378 g/mol. The molecule has 0 aliphatic heterocycles. The second-order valence-corrected chi connectivity index (χ2v) is 7.07. The van der Waals surface area contributed by atoms with Crippen LogP contribution in [0.2, 0.25) is 0 Å². The van der Waals surface area contributed by atoms with Crippen molar-refractivity contribution in [1.29, 1.82) is 0 Å². The number of nitrogens with zero attached hydrogens (tertiary/aromatic N) is 2. The van der Waals surface area contributed by atoms with Gasteiger partial charge in [0.05, 0.1) is 19.3 Å². The van der Waals surface area contributed by atoms with Crippen LogP contribution < -0.4 is 14.8 Å². The number of aromatic nitrogens is 2. The lowest BCUT2D eigenvalue weighted by Gasteiger charge is -2.17. The Morgan fingerprint density at radius 3 is 2.40 bits per heavy atom. The largest absolute Gasteiger partial charge is 0.490 e. The molecule has 2 aromatic carbocycles. The monoisotopic (exact) mass is 407 g/mol. The van der Waals surface area contributed by atoms with E-state index in [-0.39, 0.29) is 11.9 Å². The molecule has 3 aromatic rings. The van der Waals surface area contributed by atoms with Gasteiger partial charge in [-0.25, -0.2) is 4.98 Å². The molecule has 0 aliphatic rings. The molecule has 0 fully saturated rings. The van der Waals surface area contributed by atoms with E-state index in [0.29, 0.717) is 30.3 Å². The summed E-state index contributed by atoms with van der Waals surface area (Å²) >= 11 is 0. The SMILES string of the molecule is CCOc1ccc(C(C)NC(=O)c2ccc(Cn3ccnc3C)cc2)cc1OCC. The number of carbonyl (C=O) groups is 1. The lowest BCUT2D eigenvalue weighted by atomic mass is 10.1. The Labute approximate surface area is 177 Å². The number of ether oxygens (including phenoxy) is 2. The summed E-state index contributed by atoms with van der Waals surface area (Å²) < 4.78 is 13.4.